The summed E-state index contributed by atoms with van der Waals surface area (Å²) < 4.78 is 11.6. The lowest BCUT2D eigenvalue weighted by molar-refractivity contribution is -0.118. The number of para-hydroxylation sites is 1. The Morgan fingerprint density at radius 3 is 2.72 bits per heavy atom. The number of hydrogen-bond acceptors (Lipinski definition) is 5. The SMILES string of the molecule is COc1cccc(/C=N\NC(=O)CSCc2ccccc2Br)c1OC. The molecule has 0 unspecified atom stereocenters. The molecule has 1 amide bonds. The van der Waals surface area contributed by atoms with Crippen molar-refractivity contribution in [2.75, 3.05) is 20.0 Å². The van der Waals surface area contributed by atoms with E-state index in [9.17, 15) is 4.79 Å². The molecule has 2 rings (SSSR count). The van der Waals surface area contributed by atoms with E-state index in [0.717, 1.165) is 21.4 Å². The number of hydrazone groups is 1. The summed E-state index contributed by atoms with van der Waals surface area (Å²) in [4.78, 5) is 11.9. The van der Waals surface area contributed by atoms with Gasteiger partial charge in [0.1, 0.15) is 0 Å². The van der Waals surface area contributed by atoms with Gasteiger partial charge in [-0.3, -0.25) is 4.79 Å². The van der Waals surface area contributed by atoms with Crippen LogP contribution in [0.3, 0.4) is 0 Å². The average Bonchev–Trinajstić information content (AvgIpc) is 2.63. The standard InChI is InChI=1S/C18H19BrN2O3S/c1-23-16-9-5-7-13(18(16)24-2)10-20-21-17(22)12-25-11-14-6-3-4-8-15(14)19/h3-10H,11-12H2,1-2H3,(H,21,22)/b20-10-. The maximum absolute atomic E-state index is 11.9. The number of carbonyl (C=O) groups is 1. The Morgan fingerprint density at radius 1 is 1.20 bits per heavy atom. The lowest BCUT2D eigenvalue weighted by atomic mass is 10.2. The van der Waals surface area contributed by atoms with E-state index >= 15 is 0 Å². The van der Waals surface area contributed by atoms with E-state index in [-0.39, 0.29) is 5.91 Å². The third-order valence-electron chi connectivity index (χ3n) is 3.27. The summed E-state index contributed by atoms with van der Waals surface area (Å²) in [5.41, 5.74) is 4.40. The second-order valence-corrected chi connectivity index (χ2v) is 6.80. The summed E-state index contributed by atoms with van der Waals surface area (Å²) in [6.45, 7) is 0. The van der Waals surface area contributed by atoms with Crippen molar-refractivity contribution in [1.82, 2.24) is 5.43 Å². The minimum Gasteiger partial charge on any atom is -0.493 e. The van der Waals surface area contributed by atoms with Crippen LogP contribution in [0.15, 0.2) is 52.0 Å². The number of thioether (sulfide) groups is 1. The fourth-order valence-corrected chi connectivity index (χ4v) is 3.52. The molecule has 0 heterocycles. The van der Waals surface area contributed by atoms with Gasteiger partial charge in [-0.1, -0.05) is 40.2 Å². The van der Waals surface area contributed by atoms with Crippen LogP contribution in [0.4, 0.5) is 0 Å². The molecule has 7 heteroatoms. The second-order valence-electron chi connectivity index (χ2n) is 4.96. The maximum atomic E-state index is 11.9. The lowest BCUT2D eigenvalue weighted by Gasteiger charge is -2.09. The number of benzene rings is 2. The number of nitrogens with one attached hydrogen (secondary N) is 1. The van der Waals surface area contributed by atoms with Crippen LogP contribution in [0.1, 0.15) is 11.1 Å². The van der Waals surface area contributed by atoms with Crippen molar-refractivity contribution in [3.05, 3.63) is 58.1 Å². The first-order chi connectivity index (χ1) is 12.2. The first-order valence-corrected chi connectivity index (χ1v) is 9.44. The number of carbonyl (C=O) groups excluding carboxylic acids is 1. The van der Waals surface area contributed by atoms with Crippen molar-refractivity contribution < 1.29 is 14.3 Å². The van der Waals surface area contributed by atoms with E-state index in [0.29, 0.717) is 17.3 Å². The molecule has 5 nitrogen and oxygen atoms in total. The fourth-order valence-electron chi connectivity index (χ4n) is 2.09. The minimum atomic E-state index is -0.157. The van der Waals surface area contributed by atoms with Crippen molar-refractivity contribution in [2.24, 2.45) is 5.10 Å². The third kappa shape index (κ3) is 5.79. The highest BCUT2D eigenvalue weighted by Crippen LogP contribution is 2.29. The molecule has 0 bridgehead atoms. The van der Waals surface area contributed by atoms with Gasteiger partial charge in [-0.15, -0.1) is 11.8 Å². The second kappa shape index (κ2) is 10.1. The van der Waals surface area contributed by atoms with E-state index in [1.54, 1.807) is 20.3 Å². The van der Waals surface area contributed by atoms with Crippen LogP contribution in [-0.4, -0.2) is 32.1 Å². The third-order valence-corrected chi connectivity index (χ3v) is 5.03. The number of ether oxygens (including phenoxy) is 2. The largest absolute Gasteiger partial charge is 0.493 e. The van der Waals surface area contributed by atoms with Crippen LogP contribution in [0, 0.1) is 0 Å². The van der Waals surface area contributed by atoms with Gasteiger partial charge in [0.2, 0.25) is 5.91 Å². The van der Waals surface area contributed by atoms with Crippen LogP contribution in [0.2, 0.25) is 0 Å². The summed E-state index contributed by atoms with van der Waals surface area (Å²) in [6, 6.07) is 13.4. The molecular weight excluding hydrogens is 404 g/mol. The van der Waals surface area contributed by atoms with Gasteiger partial charge in [-0.2, -0.15) is 5.10 Å². The van der Waals surface area contributed by atoms with E-state index in [4.69, 9.17) is 9.47 Å². The van der Waals surface area contributed by atoms with E-state index in [1.165, 1.54) is 18.0 Å². The Hall–Kier alpha value is -1.99. The van der Waals surface area contributed by atoms with E-state index < -0.39 is 0 Å². The van der Waals surface area contributed by atoms with Gasteiger partial charge in [-0.25, -0.2) is 5.43 Å². The molecule has 132 valence electrons. The van der Waals surface area contributed by atoms with Gasteiger partial charge < -0.3 is 9.47 Å². The van der Waals surface area contributed by atoms with Gasteiger partial charge in [0.05, 0.1) is 26.2 Å². The van der Waals surface area contributed by atoms with Crippen LogP contribution in [0.5, 0.6) is 11.5 Å². The van der Waals surface area contributed by atoms with Gasteiger partial charge in [0.15, 0.2) is 11.5 Å². The summed E-state index contributed by atoms with van der Waals surface area (Å²) in [6.07, 6.45) is 1.54. The average molecular weight is 423 g/mol. The molecule has 25 heavy (non-hydrogen) atoms. The van der Waals surface area contributed by atoms with Crippen molar-refractivity contribution in [3.8, 4) is 11.5 Å². The molecule has 1 N–H and O–H groups in total. The Balaban J connectivity index is 1.84. The Bertz CT molecular complexity index is 753. The quantitative estimate of drug-likeness (QED) is 0.518. The predicted molar refractivity (Wildman–Crippen MR) is 106 cm³/mol. The molecule has 0 aromatic heterocycles. The summed E-state index contributed by atoms with van der Waals surface area (Å²) in [5.74, 6) is 2.11. The van der Waals surface area contributed by atoms with Crippen molar-refractivity contribution in [1.29, 1.82) is 0 Å². The molecule has 0 fully saturated rings. The molecule has 0 atom stereocenters. The Morgan fingerprint density at radius 2 is 2.00 bits per heavy atom. The van der Waals surface area contributed by atoms with Crippen molar-refractivity contribution >= 4 is 39.8 Å². The molecule has 0 radical (unpaired) electrons. The van der Waals surface area contributed by atoms with Crippen LogP contribution >= 0.6 is 27.7 Å². The Labute approximate surface area is 159 Å². The molecule has 0 saturated heterocycles. The number of rotatable bonds is 8. The van der Waals surface area contributed by atoms with Gasteiger partial charge in [0.25, 0.3) is 0 Å². The number of nitrogens with zero attached hydrogens (tertiary/aromatic N) is 1. The molecule has 2 aromatic rings. The topological polar surface area (TPSA) is 59.9 Å². The van der Waals surface area contributed by atoms with E-state index in [2.05, 4.69) is 26.5 Å². The molecule has 2 aromatic carbocycles. The highest BCUT2D eigenvalue weighted by Gasteiger charge is 2.07. The lowest BCUT2D eigenvalue weighted by Crippen LogP contribution is -2.19. The maximum Gasteiger partial charge on any atom is 0.250 e. The van der Waals surface area contributed by atoms with Gasteiger partial charge in [0, 0.05) is 15.8 Å². The normalized spacial score (nSPS) is 10.7. The first kappa shape index (κ1) is 19.3. The highest BCUT2D eigenvalue weighted by molar-refractivity contribution is 9.10. The van der Waals surface area contributed by atoms with Gasteiger partial charge in [-0.05, 0) is 23.8 Å². The molecule has 0 aliphatic rings. The summed E-state index contributed by atoms with van der Waals surface area (Å²) >= 11 is 5.03. The van der Waals surface area contributed by atoms with Crippen molar-refractivity contribution in [3.63, 3.8) is 0 Å². The zero-order valence-electron chi connectivity index (χ0n) is 14.0. The minimum absolute atomic E-state index is 0.157. The summed E-state index contributed by atoms with van der Waals surface area (Å²) in [5, 5.41) is 3.99. The van der Waals surface area contributed by atoms with Crippen LogP contribution in [0.25, 0.3) is 0 Å². The number of halogens is 1. The van der Waals surface area contributed by atoms with Crippen molar-refractivity contribution in [2.45, 2.75) is 5.75 Å². The monoisotopic (exact) mass is 422 g/mol. The molecule has 0 aliphatic carbocycles. The number of methoxy groups -OCH3 is 2. The molecular formula is C18H19BrN2O3S. The molecule has 0 aliphatic heterocycles. The first-order valence-electron chi connectivity index (χ1n) is 7.49. The molecule has 0 saturated carbocycles. The highest BCUT2D eigenvalue weighted by atomic mass is 79.9. The van der Waals surface area contributed by atoms with Crippen LogP contribution in [-0.2, 0) is 10.5 Å². The zero-order chi connectivity index (χ0) is 18.1. The summed E-state index contributed by atoms with van der Waals surface area (Å²) in [7, 11) is 3.13. The van der Waals surface area contributed by atoms with Gasteiger partial charge >= 0.3 is 0 Å². The predicted octanol–water partition coefficient (Wildman–Crippen LogP) is 3.85. The molecule has 0 spiro atoms. The smallest absolute Gasteiger partial charge is 0.250 e. The zero-order valence-corrected chi connectivity index (χ0v) is 16.4. The van der Waals surface area contributed by atoms with E-state index in [1.807, 2.05) is 36.4 Å². The van der Waals surface area contributed by atoms with Crippen LogP contribution < -0.4 is 14.9 Å². The fraction of sp³-hybridized carbons (Fsp3) is 0.222. The number of hydrogen-bond donors (Lipinski definition) is 1. The Kier molecular flexibility index (Phi) is 7.81. The number of amides is 1.